The van der Waals surface area contributed by atoms with Gasteiger partial charge < -0.3 is 9.88 Å². The number of likely N-dealkylation sites (tertiary alicyclic amines) is 1. The molecule has 1 aromatic carbocycles. The third-order valence-electron chi connectivity index (χ3n) is 4.24. The van der Waals surface area contributed by atoms with Crippen molar-refractivity contribution in [2.75, 3.05) is 13.1 Å². The molecule has 1 aromatic heterocycles. The van der Waals surface area contributed by atoms with Gasteiger partial charge >= 0.3 is 0 Å². The molecule has 1 saturated heterocycles. The average molecular weight is 347 g/mol. The van der Waals surface area contributed by atoms with E-state index in [9.17, 15) is 13.2 Å². The Bertz CT molecular complexity index is 834. The molecule has 0 aliphatic carbocycles. The van der Waals surface area contributed by atoms with Gasteiger partial charge in [-0.1, -0.05) is 24.6 Å². The third kappa shape index (κ3) is 3.22. The number of benzene rings is 1. The zero-order chi connectivity index (χ0) is 17.3. The van der Waals surface area contributed by atoms with Crippen molar-refractivity contribution in [3.63, 3.8) is 0 Å². The largest absolute Gasteiger partial charge is 0.364 e. The minimum Gasteiger partial charge on any atom is -0.364 e. The van der Waals surface area contributed by atoms with Gasteiger partial charge in [0.15, 0.2) is 0 Å². The Kier molecular flexibility index (Phi) is 4.47. The van der Waals surface area contributed by atoms with Gasteiger partial charge in [-0.25, -0.2) is 13.1 Å². The first-order chi connectivity index (χ1) is 11.4. The Balaban J connectivity index is 1.61. The number of H-pyrrole nitrogens is 1. The first-order valence-electron chi connectivity index (χ1n) is 7.95. The van der Waals surface area contributed by atoms with E-state index in [-0.39, 0.29) is 16.8 Å². The third-order valence-corrected chi connectivity index (χ3v) is 5.77. The maximum atomic E-state index is 12.4. The van der Waals surface area contributed by atoms with Gasteiger partial charge in [0, 0.05) is 25.0 Å². The summed E-state index contributed by atoms with van der Waals surface area (Å²) in [6.45, 7) is 4.67. The van der Waals surface area contributed by atoms with Crippen molar-refractivity contribution in [3.05, 3.63) is 53.3 Å². The molecule has 1 amide bonds. The number of sulfonamides is 1. The SMILES string of the molecule is CCc1[nH]ccc1C(=O)N1CC(NS(=O)(=O)c2ccc(C)cc2)C1. The van der Waals surface area contributed by atoms with E-state index in [2.05, 4.69) is 9.71 Å². The smallest absolute Gasteiger partial charge is 0.255 e. The summed E-state index contributed by atoms with van der Waals surface area (Å²) in [6, 6.07) is 8.24. The van der Waals surface area contributed by atoms with Crippen molar-refractivity contribution in [2.24, 2.45) is 0 Å². The number of aryl methyl sites for hydroxylation is 2. The van der Waals surface area contributed by atoms with Crippen LogP contribution in [0.5, 0.6) is 0 Å². The molecular weight excluding hydrogens is 326 g/mol. The molecule has 1 aliphatic heterocycles. The molecule has 1 fully saturated rings. The lowest BCUT2D eigenvalue weighted by Gasteiger charge is -2.39. The van der Waals surface area contributed by atoms with Crippen LogP contribution in [-0.2, 0) is 16.4 Å². The summed E-state index contributed by atoms with van der Waals surface area (Å²) in [6.07, 6.45) is 2.51. The van der Waals surface area contributed by atoms with Crippen LogP contribution in [0.2, 0.25) is 0 Å². The van der Waals surface area contributed by atoms with Gasteiger partial charge in [-0.2, -0.15) is 0 Å². The zero-order valence-corrected chi connectivity index (χ0v) is 14.6. The summed E-state index contributed by atoms with van der Waals surface area (Å²) in [7, 11) is -3.55. The molecule has 2 N–H and O–H groups in total. The summed E-state index contributed by atoms with van der Waals surface area (Å²) in [5.41, 5.74) is 2.58. The summed E-state index contributed by atoms with van der Waals surface area (Å²) in [5.74, 6) is -0.0566. The van der Waals surface area contributed by atoms with Crippen LogP contribution in [0.4, 0.5) is 0 Å². The molecule has 0 radical (unpaired) electrons. The number of carbonyl (C=O) groups excluding carboxylic acids is 1. The summed E-state index contributed by atoms with van der Waals surface area (Å²) in [5, 5.41) is 0. The number of hydrogen-bond donors (Lipinski definition) is 2. The van der Waals surface area contributed by atoms with Crippen LogP contribution in [0, 0.1) is 6.92 Å². The van der Waals surface area contributed by atoms with E-state index in [4.69, 9.17) is 0 Å². The van der Waals surface area contributed by atoms with E-state index in [1.54, 1.807) is 41.4 Å². The maximum Gasteiger partial charge on any atom is 0.255 e. The lowest BCUT2D eigenvalue weighted by Crippen LogP contribution is -2.60. The van der Waals surface area contributed by atoms with E-state index in [0.717, 1.165) is 17.7 Å². The van der Waals surface area contributed by atoms with Crippen molar-refractivity contribution < 1.29 is 13.2 Å². The van der Waals surface area contributed by atoms with Gasteiger partial charge in [-0.15, -0.1) is 0 Å². The number of nitrogens with zero attached hydrogens (tertiary/aromatic N) is 1. The molecule has 0 atom stereocenters. The Morgan fingerprint density at radius 2 is 1.92 bits per heavy atom. The number of carbonyl (C=O) groups is 1. The van der Waals surface area contributed by atoms with Crippen molar-refractivity contribution in [2.45, 2.75) is 31.2 Å². The minimum atomic E-state index is -3.55. The predicted octanol–water partition coefficient (Wildman–Crippen LogP) is 1.69. The highest BCUT2D eigenvalue weighted by Crippen LogP contribution is 2.18. The number of aromatic amines is 1. The van der Waals surface area contributed by atoms with Crippen molar-refractivity contribution in [1.29, 1.82) is 0 Å². The number of nitrogens with one attached hydrogen (secondary N) is 2. The minimum absolute atomic E-state index is 0.0566. The molecule has 6 nitrogen and oxygen atoms in total. The molecule has 2 aromatic rings. The van der Waals surface area contributed by atoms with Gasteiger partial charge in [0.05, 0.1) is 16.5 Å². The lowest BCUT2D eigenvalue weighted by molar-refractivity contribution is 0.0591. The van der Waals surface area contributed by atoms with Gasteiger partial charge in [-0.3, -0.25) is 4.79 Å². The number of amides is 1. The standard InChI is InChI=1S/C17H21N3O3S/c1-3-16-15(8-9-18-16)17(21)20-10-13(11-20)19-24(22,23)14-6-4-12(2)5-7-14/h4-9,13,18-19H,3,10-11H2,1-2H3. The molecule has 3 rings (SSSR count). The average Bonchev–Trinajstić information content (AvgIpc) is 2.99. The number of rotatable bonds is 5. The first-order valence-corrected chi connectivity index (χ1v) is 9.43. The lowest BCUT2D eigenvalue weighted by atomic mass is 10.1. The van der Waals surface area contributed by atoms with E-state index < -0.39 is 10.0 Å². The molecule has 0 saturated carbocycles. The fourth-order valence-electron chi connectivity index (χ4n) is 2.79. The van der Waals surface area contributed by atoms with Crippen LogP contribution in [0.3, 0.4) is 0 Å². The van der Waals surface area contributed by atoms with Crippen LogP contribution in [0.25, 0.3) is 0 Å². The molecule has 0 bridgehead atoms. The molecule has 0 spiro atoms. The van der Waals surface area contributed by atoms with Gasteiger partial charge in [-0.05, 0) is 31.5 Å². The monoisotopic (exact) mass is 347 g/mol. The normalized spacial score (nSPS) is 15.3. The fraction of sp³-hybridized carbons (Fsp3) is 0.353. The van der Waals surface area contributed by atoms with Crippen LogP contribution in [0.1, 0.15) is 28.5 Å². The van der Waals surface area contributed by atoms with Gasteiger partial charge in [0.2, 0.25) is 10.0 Å². The Labute approximate surface area is 141 Å². The van der Waals surface area contributed by atoms with Crippen LogP contribution < -0.4 is 4.72 Å². The molecule has 7 heteroatoms. The summed E-state index contributed by atoms with van der Waals surface area (Å²) < 4.78 is 27.3. The highest BCUT2D eigenvalue weighted by molar-refractivity contribution is 7.89. The highest BCUT2D eigenvalue weighted by atomic mass is 32.2. The molecule has 24 heavy (non-hydrogen) atoms. The fourth-order valence-corrected chi connectivity index (χ4v) is 4.01. The van der Waals surface area contributed by atoms with Crippen molar-refractivity contribution >= 4 is 15.9 Å². The Hall–Kier alpha value is -2.12. The number of hydrogen-bond acceptors (Lipinski definition) is 3. The second-order valence-electron chi connectivity index (χ2n) is 6.06. The molecular formula is C17H21N3O3S. The maximum absolute atomic E-state index is 12.4. The van der Waals surface area contributed by atoms with E-state index >= 15 is 0 Å². The van der Waals surface area contributed by atoms with Crippen molar-refractivity contribution in [1.82, 2.24) is 14.6 Å². The summed E-state index contributed by atoms with van der Waals surface area (Å²) in [4.78, 5) is 17.4. The molecule has 2 heterocycles. The second kappa shape index (κ2) is 6.41. The van der Waals surface area contributed by atoms with Crippen LogP contribution in [-0.4, -0.2) is 43.3 Å². The van der Waals surface area contributed by atoms with E-state index in [1.165, 1.54) is 0 Å². The quantitative estimate of drug-likeness (QED) is 0.863. The topological polar surface area (TPSA) is 82.3 Å². The Morgan fingerprint density at radius 3 is 2.54 bits per heavy atom. The van der Waals surface area contributed by atoms with Crippen LogP contribution >= 0.6 is 0 Å². The second-order valence-corrected chi connectivity index (χ2v) is 7.78. The zero-order valence-electron chi connectivity index (χ0n) is 13.7. The predicted molar refractivity (Wildman–Crippen MR) is 91.4 cm³/mol. The molecule has 128 valence electrons. The van der Waals surface area contributed by atoms with Crippen LogP contribution in [0.15, 0.2) is 41.4 Å². The summed E-state index contributed by atoms with van der Waals surface area (Å²) >= 11 is 0. The van der Waals surface area contributed by atoms with E-state index in [1.807, 2.05) is 13.8 Å². The Morgan fingerprint density at radius 1 is 1.25 bits per heavy atom. The number of aromatic nitrogens is 1. The van der Waals surface area contributed by atoms with Gasteiger partial charge in [0.25, 0.3) is 5.91 Å². The van der Waals surface area contributed by atoms with Gasteiger partial charge in [0.1, 0.15) is 0 Å². The van der Waals surface area contributed by atoms with Crippen molar-refractivity contribution in [3.8, 4) is 0 Å². The molecule has 0 unspecified atom stereocenters. The first kappa shape index (κ1) is 16.7. The molecule has 1 aliphatic rings. The van der Waals surface area contributed by atoms with E-state index in [0.29, 0.717) is 18.7 Å². The highest BCUT2D eigenvalue weighted by Gasteiger charge is 2.35.